The minimum absolute atomic E-state index is 0.0382. The van der Waals surface area contributed by atoms with Crippen LogP contribution in [0.2, 0.25) is 5.02 Å². The Morgan fingerprint density at radius 3 is 2.26 bits per heavy atom. The van der Waals surface area contributed by atoms with Crippen molar-refractivity contribution < 1.29 is 4.79 Å². The summed E-state index contributed by atoms with van der Waals surface area (Å²) in [6.07, 6.45) is 0. The molecular formula is C23H28ClN5OS. The van der Waals surface area contributed by atoms with Crippen LogP contribution >= 0.6 is 23.4 Å². The fourth-order valence-electron chi connectivity index (χ4n) is 3.14. The molecule has 6 nitrogen and oxygen atoms in total. The third-order valence-electron chi connectivity index (χ3n) is 5.27. The van der Waals surface area contributed by atoms with Crippen molar-refractivity contribution in [1.29, 1.82) is 0 Å². The number of hydrogen-bond donors (Lipinski definition) is 1. The van der Waals surface area contributed by atoms with E-state index in [9.17, 15) is 4.79 Å². The average Bonchev–Trinajstić information content (AvgIpc) is 3.13. The molecule has 0 radical (unpaired) electrons. The van der Waals surface area contributed by atoms with Gasteiger partial charge in [0.25, 0.3) is 0 Å². The highest BCUT2D eigenvalue weighted by Gasteiger charge is 2.24. The topological polar surface area (TPSA) is 63.1 Å². The smallest absolute Gasteiger partial charge is 0.237 e. The second kappa shape index (κ2) is 9.85. The van der Waals surface area contributed by atoms with Crippen molar-refractivity contribution in [1.82, 2.24) is 19.7 Å². The lowest BCUT2D eigenvalue weighted by atomic mass is 10.1. The Morgan fingerprint density at radius 1 is 1.06 bits per heavy atom. The van der Waals surface area contributed by atoms with E-state index in [0.29, 0.717) is 10.2 Å². The Morgan fingerprint density at radius 2 is 1.68 bits per heavy atom. The molecule has 0 fully saturated rings. The molecule has 2 unspecified atom stereocenters. The molecule has 0 bridgehead atoms. The average molecular weight is 458 g/mol. The van der Waals surface area contributed by atoms with Crippen LogP contribution in [0.5, 0.6) is 0 Å². The van der Waals surface area contributed by atoms with Gasteiger partial charge in [0.15, 0.2) is 11.0 Å². The van der Waals surface area contributed by atoms with Crippen LogP contribution in [0.3, 0.4) is 0 Å². The third-order valence-corrected chi connectivity index (χ3v) is 6.57. The number of nitrogens with one attached hydrogen (secondary N) is 1. The summed E-state index contributed by atoms with van der Waals surface area (Å²) in [4.78, 5) is 15.0. The number of rotatable bonds is 7. The first-order chi connectivity index (χ1) is 14.7. The summed E-state index contributed by atoms with van der Waals surface area (Å²) in [6.45, 7) is 7.94. The molecule has 0 aliphatic carbocycles. The molecular weight excluding hydrogens is 430 g/mol. The van der Waals surface area contributed by atoms with Crippen molar-refractivity contribution in [2.45, 2.75) is 44.1 Å². The summed E-state index contributed by atoms with van der Waals surface area (Å²) < 4.78 is 1.99. The normalized spacial score (nSPS) is 13.3. The summed E-state index contributed by atoms with van der Waals surface area (Å²) in [5.41, 5.74) is 3.85. The quantitative estimate of drug-likeness (QED) is 0.489. The molecule has 8 heteroatoms. The lowest BCUT2D eigenvalue weighted by molar-refractivity contribution is -0.115. The Hall–Kier alpha value is -2.35. The summed E-state index contributed by atoms with van der Waals surface area (Å²) in [7, 11) is 4.00. The van der Waals surface area contributed by atoms with E-state index in [1.54, 1.807) is 0 Å². The van der Waals surface area contributed by atoms with Crippen LogP contribution in [-0.4, -0.2) is 44.9 Å². The van der Waals surface area contributed by atoms with E-state index in [0.717, 1.165) is 28.3 Å². The molecule has 1 N–H and O–H groups in total. The van der Waals surface area contributed by atoms with Crippen LogP contribution in [0, 0.1) is 13.8 Å². The van der Waals surface area contributed by atoms with Crippen LogP contribution in [0.25, 0.3) is 5.69 Å². The highest BCUT2D eigenvalue weighted by atomic mass is 35.5. The molecule has 0 saturated carbocycles. The number of anilines is 1. The Labute approximate surface area is 193 Å². The van der Waals surface area contributed by atoms with Gasteiger partial charge >= 0.3 is 0 Å². The van der Waals surface area contributed by atoms with E-state index in [2.05, 4.69) is 27.3 Å². The van der Waals surface area contributed by atoms with Gasteiger partial charge in [-0.15, -0.1) is 10.2 Å². The number of carbonyl (C=O) groups is 1. The number of aryl methyl sites for hydroxylation is 2. The zero-order valence-corrected chi connectivity index (χ0v) is 20.3. The number of amides is 1. The number of aromatic nitrogens is 3. The number of benzene rings is 2. The number of hydrogen-bond acceptors (Lipinski definition) is 5. The maximum absolute atomic E-state index is 12.9. The van der Waals surface area contributed by atoms with E-state index >= 15 is 0 Å². The van der Waals surface area contributed by atoms with Gasteiger partial charge in [0.05, 0.1) is 11.3 Å². The second-order valence-corrected chi connectivity index (χ2v) is 9.55. The summed E-state index contributed by atoms with van der Waals surface area (Å²) in [5, 5.41) is 12.9. The number of halogens is 1. The predicted octanol–water partition coefficient (Wildman–Crippen LogP) is 5.28. The van der Waals surface area contributed by atoms with E-state index in [-0.39, 0.29) is 17.2 Å². The highest BCUT2D eigenvalue weighted by molar-refractivity contribution is 8.00. The lowest BCUT2D eigenvalue weighted by Crippen LogP contribution is -2.24. The first-order valence-corrected chi connectivity index (χ1v) is 11.4. The monoisotopic (exact) mass is 457 g/mol. The van der Waals surface area contributed by atoms with Crippen molar-refractivity contribution in [3.05, 3.63) is 64.4 Å². The molecule has 0 aliphatic rings. The van der Waals surface area contributed by atoms with Crippen LogP contribution in [0.1, 0.15) is 36.8 Å². The zero-order chi connectivity index (χ0) is 22.7. The Kier molecular flexibility index (Phi) is 7.41. The van der Waals surface area contributed by atoms with Crippen molar-refractivity contribution in [2.24, 2.45) is 0 Å². The van der Waals surface area contributed by atoms with Crippen molar-refractivity contribution in [3.63, 3.8) is 0 Å². The standard InChI is InChI=1S/C23H28ClN5OS/c1-14-8-7-9-15(2)20(14)25-22(30)17(4)31-23-27-26-21(16(3)28(5)6)29(23)19-12-10-18(24)11-13-19/h7-13,16-17H,1-6H3,(H,25,30). The first-order valence-electron chi connectivity index (χ1n) is 10.1. The molecule has 1 heterocycles. The summed E-state index contributed by atoms with van der Waals surface area (Å²) in [5.74, 6) is 0.729. The molecule has 3 rings (SSSR count). The van der Waals surface area contributed by atoms with Crippen LogP contribution in [0.4, 0.5) is 5.69 Å². The largest absolute Gasteiger partial charge is 0.325 e. The fraction of sp³-hybridized carbons (Fsp3) is 0.348. The van der Waals surface area contributed by atoms with Gasteiger partial charge in [0.2, 0.25) is 5.91 Å². The minimum atomic E-state index is -0.364. The number of nitrogens with zero attached hydrogens (tertiary/aromatic N) is 4. The highest BCUT2D eigenvalue weighted by Crippen LogP contribution is 2.30. The molecule has 3 aromatic rings. The Bertz CT molecular complexity index is 1040. The number of para-hydroxylation sites is 1. The molecule has 0 spiro atoms. The van der Waals surface area contributed by atoms with E-state index in [4.69, 9.17) is 11.6 Å². The van der Waals surface area contributed by atoms with Crippen molar-refractivity contribution >= 4 is 35.0 Å². The second-order valence-electron chi connectivity index (χ2n) is 7.81. The van der Waals surface area contributed by atoms with Gasteiger partial charge in [-0.25, -0.2) is 0 Å². The maximum Gasteiger partial charge on any atom is 0.237 e. The van der Waals surface area contributed by atoms with E-state index in [1.165, 1.54) is 11.8 Å². The SMILES string of the molecule is Cc1cccc(C)c1NC(=O)C(C)Sc1nnc(C(C)N(C)C)n1-c1ccc(Cl)cc1. The fourth-order valence-corrected chi connectivity index (χ4v) is 4.14. The van der Waals surface area contributed by atoms with Crippen molar-refractivity contribution in [3.8, 4) is 5.69 Å². The van der Waals surface area contributed by atoms with Gasteiger partial charge in [-0.2, -0.15) is 0 Å². The molecule has 0 aliphatic heterocycles. The van der Waals surface area contributed by atoms with Gasteiger partial charge in [-0.05, 0) is 77.2 Å². The molecule has 2 aromatic carbocycles. The molecule has 1 aromatic heterocycles. The first kappa shape index (κ1) is 23.3. The number of thioether (sulfide) groups is 1. The molecule has 1 amide bonds. The summed E-state index contributed by atoms with van der Waals surface area (Å²) >= 11 is 7.47. The van der Waals surface area contributed by atoms with Gasteiger partial charge in [-0.1, -0.05) is 41.6 Å². The molecule has 164 valence electrons. The van der Waals surface area contributed by atoms with Crippen molar-refractivity contribution in [2.75, 3.05) is 19.4 Å². The lowest BCUT2D eigenvalue weighted by Gasteiger charge is -2.21. The van der Waals surface area contributed by atoms with Gasteiger partial charge in [-0.3, -0.25) is 14.3 Å². The van der Waals surface area contributed by atoms with Crippen LogP contribution in [-0.2, 0) is 4.79 Å². The molecule has 31 heavy (non-hydrogen) atoms. The van der Waals surface area contributed by atoms with Crippen LogP contribution < -0.4 is 5.32 Å². The predicted molar refractivity (Wildman–Crippen MR) is 128 cm³/mol. The Balaban J connectivity index is 1.90. The van der Waals surface area contributed by atoms with Gasteiger partial charge < -0.3 is 5.32 Å². The van der Waals surface area contributed by atoms with Gasteiger partial charge in [0, 0.05) is 16.4 Å². The van der Waals surface area contributed by atoms with Gasteiger partial charge in [0.1, 0.15) is 0 Å². The van der Waals surface area contributed by atoms with E-state index in [1.807, 2.05) is 81.9 Å². The number of carbonyl (C=O) groups excluding carboxylic acids is 1. The minimum Gasteiger partial charge on any atom is -0.325 e. The molecule has 2 atom stereocenters. The van der Waals surface area contributed by atoms with Crippen LogP contribution in [0.15, 0.2) is 47.6 Å². The third kappa shape index (κ3) is 5.29. The summed E-state index contributed by atoms with van der Waals surface area (Å²) in [6, 6.07) is 13.6. The van der Waals surface area contributed by atoms with E-state index < -0.39 is 0 Å². The maximum atomic E-state index is 12.9. The molecule has 0 saturated heterocycles. The zero-order valence-electron chi connectivity index (χ0n) is 18.7.